The van der Waals surface area contributed by atoms with E-state index in [1.54, 1.807) is 0 Å². The van der Waals surface area contributed by atoms with Gasteiger partial charge in [-0.25, -0.2) is 13.6 Å². The van der Waals surface area contributed by atoms with Crippen molar-refractivity contribution in [3.05, 3.63) is 35.5 Å². The van der Waals surface area contributed by atoms with Crippen LogP contribution in [-0.4, -0.2) is 15.6 Å². The monoisotopic (exact) mass is 211 g/mol. The fraction of sp³-hybridized carbons (Fsp3) is 0.100. The van der Waals surface area contributed by atoms with Crippen LogP contribution in [-0.2, 0) is 7.05 Å². The highest BCUT2D eigenvalue weighted by atomic mass is 19.1. The molecule has 0 saturated carbocycles. The fourth-order valence-corrected chi connectivity index (χ4v) is 1.59. The van der Waals surface area contributed by atoms with Gasteiger partial charge in [0, 0.05) is 12.4 Å². The zero-order valence-electron chi connectivity index (χ0n) is 7.79. The van der Waals surface area contributed by atoms with E-state index in [-0.39, 0.29) is 16.6 Å². The van der Waals surface area contributed by atoms with E-state index in [0.717, 1.165) is 22.8 Å². The smallest absolute Gasteiger partial charge is 0.352 e. The minimum atomic E-state index is -1.22. The van der Waals surface area contributed by atoms with Crippen molar-refractivity contribution in [3.63, 3.8) is 0 Å². The van der Waals surface area contributed by atoms with Crippen molar-refractivity contribution in [2.75, 3.05) is 0 Å². The Labute approximate surface area is 83.5 Å². The van der Waals surface area contributed by atoms with Crippen molar-refractivity contribution in [2.45, 2.75) is 0 Å². The van der Waals surface area contributed by atoms with E-state index >= 15 is 0 Å². The minimum absolute atomic E-state index is 0.0186. The SMILES string of the molecule is Cn1c(C(=O)O)cc2c(F)ccc(F)c21. The Balaban J connectivity index is 2.93. The molecule has 0 unspecified atom stereocenters. The zero-order valence-corrected chi connectivity index (χ0v) is 7.79. The van der Waals surface area contributed by atoms with Gasteiger partial charge in [-0.2, -0.15) is 0 Å². The molecule has 0 bridgehead atoms. The Morgan fingerprint density at radius 1 is 1.33 bits per heavy atom. The van der Waals surface area contributed by atoms with Gasteiger partial charge in [0.25, 0.3) is 0 Å². The molecular formula is C10H7F2NO2. The molecule has 0 fully saturated rings. The number of aromatic carboxylic acids is 1. The summed E-state index contributed by atoms with van der Waals surface area (Å²) in [6.07, 6.45) is 0. The minimum Gasteiger partial charge on any atom is -0.477 e. The summed E-state index contributed by atoms with van der Waals surface area (Å²) in [7, 11) is 1.38. The molecule has 1 aromatic carbocycles. The number of nitrogens with zero attached hydrogens (tertiary/aromatic N) is 1. The average molecular weight is 211 g/mol. The molecule has 0 radical (unpaired) electrons. The van der Waals surface area contributed by atoms with Crippen LogP contribution in [0.25, 0.3) is 10.9 Å². The molecular weight excluding hydrogens is 204 g/mol. The summed E-state index contributed by atoms with van der Waals surface area (Å²) in [6.45, 7) is 0. The lowest BCUT2D eigenvalue weighted by Crippen LogP contribution is -2.04. The van der Waals surface area contributed by atoms with Gasteiger partial charge in [0.05, 0.1) is 5.52 Å². The van der Waals surface area contributed by atoms with E-state index in [0.29, 0.717) is 0 Å². The number of fused-ring (bicyclic) bond motifs is 1. The van der Waals surface area contributed by atoms with Gasteiger partial charge in [-0.05, 0) is 18.2 Å². The van der Waals surface area contributed by atoms with Crippen LogP contribution in [0.5, 0.6) is 0 Å². The number of aryl methyl sites for hydroxylation is 1. The van der Waals surface area contributed by atoms with Crippen molar-refractivity contribution in [2.24, 2.45) is 7.05 Å². The summed E-state index contributed by atoms with van der Waals surface area (Å²) in [5, 5.41) is 8.76. The van der Waals surface area contributed by atoms with Gasteiger partial charge in [0.2, 0.25) is 0 Å². The quantitative estimate of drug-likeness (QED) is 0.785. The Bertz CT molecular complexity index is 560. The van der Waals surface area contributed by atoms with Gasteiger partial charge in [0.15, 0.2) is 0 Å². The van der Waals surface area contributed by atoms with Crippen molar-refractivity contribution >= 4 is 16.9 Å². The molecule has 15 heavy (non-hydrogen) atoms. The van der Waals surface area contributed by atoms with Gasteiger partial charge in [-0.1, -0.05) is 0 Å². The summed E-state index contributed by atoms with van der Waals surface area (Å²) < 4.78 is 27.7. The number of carbonyl (C=O) groups is 1. The van der Waals surface area contributed by atoms with Crippen molar-refractivity contribution in [1.29, 1.82) is 0 Å². The standard InChI is InChI=1S/C10H7F2NO2/c1-13-8(10(14)15)4-5-6(11)2-3-7(12)9(5)13/h2-4H,1H3,(H,14,15). The molecule has 1 aromatic heterocycles. The lowest BCUT2D eigenvalue weighted by atomic mass is 10.2. The molecule has 1 heterocycles. The van der Waals surface area contributed by atoms with Crippen LogP contribution in [0.1, 0.15) is 10.5 Å². The summed E-state index contributed by atoms with van der Waals surface area (Å²) in [5.74, 6) is -2.48. The van der Waals surface area contributed by atoms with E-state index in [4.69, 9.17) is 5.11 Å². The third kappa shape index (κ3) is 1.27. The van der Waals surface area contributed by atoms with E-state index in [2.05, 4.69) is 0 Å². The fourth-order valence-electron chi connectivity index (χ4n) is 1.59. The first-order chi connectivity index (χ1) is 7.02. The third-order valence-electron chi connectivity index (χ3n) is 2.31. The lowest BCUT2D eigenvalue weighted by Gasteiger charge is -2.00. The second-order valence-corrected chi connectivity index (χ2v) is 3.19. The van der Waals surface area contributed by atoms with Gasteiger partial charge >= 0.3 is 5.97 Å². The number of aromatic nitrogens is 1. The van der Waals surface area contributed by atoms with Crippen LogP contribution in [0, 0.1) is 11.6 Å². The summed E-state index contributed by atoms with van der Waals surface area (Å²) in [4.78, 5) is 10.7. The molecule has 5 heteroatoms. The molecule has 78 valence electrons. The Morgan fingerprint density at radius 2 is 1.93 bits per heavy atom. The van der Waals surface area contributed by atoms with E-state index in [9.17, 15) is 13.6 Å². The molecule has 0 spiro atoms. The first kappa shape index (κ1) is 9.64. The maximum atomic E-state index is 13.3. The van der Waals surface area contributed by atoms with Gasteiger partial charge in [-0.15, -0.1) is 0 Å². The van der Waals surface area contributed by atoms with E-state index in [1.165, 1.54) is 7.05 Å². The number of hydrogen-bond donors (Lipinski definition) is 1. The number of benzene rings is 1. The number of halogens is 2. The Kier molecular flexibility index (Phi) is 1.96. The summed E-state index contributed by atoms with van der Waals surface area (Å²) in [5.41, 5.74) is -0.179. The molecule has 3 nitrogen and oxygen atoms in total. The summed E-state index contributed by atoms with van der Waals surface area (Å²) in [6, 6.07) is 3.07. The third-order valence-corrected chi connectivity index (χ3v) is 2.31. The maximum absolute atomic E-state index is 13.3. The Hall–Kier alpha value is -1.91. The molecule has 1 N–H and O–H groups in total. The van der Waals surface area contributed by atoms with Crippen molar-refractivity contribution in [1.82, 2.24) is 4.57 Å². The second kappa shape index (κ2) is 3.05. The number of carboxylic acids is 1. The molecule has 2 aromatic rings. The predicted octanol–water partition coefficient (Wildman–Crippen LogP) is 2.15. The largest absolute Gasteiger partial charge is 0.477 e. The molecule has 0 amide bonds. The van der Waals surface area contributed by atoms with Crippen LogP contribution < -0.4 is 0 Å². The van der Waals surface area contributed by atoms with Crippen LogP contribution >= 0.6 is 0 Å². The number of hydrogen-bond acceptors (Lipinski definition) is 1. The van der Waals surface area contributed by atoms with E-state index < -0.39 is 17.6 Å². The average Bonchev–Trinajstić information content (AvgIpc) is 2.51. The van der Waals surface area contributed by atoms with Gasteiger partial charge < -0.3 is 9.67 Å². The molecule has 0 aliphatic carbocycles. The zero-order chi connectivity index (χ0) is 11.2. The van der Waals surface area contributed by atoms with E-state index in [1.807, 2.05) is 0 Å². The molecule has 2 rings (SSSR count). The van der Waals surface area contributed by atoms with Crippen LogP contribution in [0.15, 0.2) is 18.2 Å². The summed E-state index contributed by atoms with van der Waals surface area (Å²) >= 11 is 0. The topological polar surface area (TPSA) is 42.2 Å². The van der Waals surface area contributed by atoms with Crippen LogP contribution in [0.3, 0.4) is 0 Å². The highest BCUT2D eigenvalue weighted by Gasteiger charge is 2.17. The van der Waals surface area contributed by atoms with Crippen molar-refractivity contribution < 1.29 is 18.7 Å². The highest BCUT2D eigenvalue weighted by Crippen LogP contribution is 2.24. The van der Waals surface area contributed by atoms with Gasteiger partial charge in [-0.3, -0.25) is 0 Å². The second-order valence-electron chi connectivity index (χ2n) is 3.19. The predicted molar refractivity (Wildman–Crippen MR) is 49.8 cm³/mol. The van der Waals surface area contributed by atoms with Gasteiger partial charge in [0.1, 0.15) is 17.3 Å². The molecule has 0 saturated heterocycles. The first-order valence-corrected chi connectivity index (χ1v) is 4.19. The molecule has 0 aliphatic heterocycles. The van der Waals surface area contributed by atoms with Crippen LogP contribution in [0.2, 0.25) is 0 Å². The lowest BCUT2D eigenvalue weighted by molar-refractivity contribution is 0.0687. The first-order valence-electron chi connectivity index (χ1n) is 4.19. The molecule has 0 aliphatic rings. The number of rotatable bonds is 1. The van der Waals surface area contributed by atoms with Crippen LogP contribution in [0.4, 0.5) is 8.78 Å². The van der Waals surface area contributed by atoms with Crippen molar-refractivity contribution in [3.8, 4) is 0 Å². The number of carboxylic acid groups (broad SMARTS) is 1. The maximum Gasteiger partial charge on any atom is 0.352 e. The molecule has 0 atom stereocenters. The Morgan fingerprint density at radius 3 is 2.47 bits per heavy atom. The highest BCUT2D eigenvalue weighted by molar-refractivity contribution is 5.94. The normalized spacial score (nSPS) is 10.9.